The third kappa shape index (κ3) is 2.61. The molecule has 3 heterocycles. The molecule has 1 unspecified atom stereocenters. The first-order valence-electron chi connectivity index (χ1n) is 7.35. The number of aromatic amines is 1. The van der Waals surface area contributed by atoms with Crippen LogP contribution in [-0.4, -0.2) is 54.5 Å². The maximum absolute atomic E-state index is 12.5. The molecule has 1 fully saturated rings. The van der Waals surface area contributed by atoms with E-state index in [-0.39, 0.29) is 6.04 Å². The van der Waals surface area contributed by atoms with Crippen LogP contribution in [0.5, 0.6) is 0 Å². The molecule has 0 radical (unpaired) electrons. The van der Waals surface area contributed by atoms with E-state index in [1.807, 2.05) is 0 Å². The number of hydrogen-bond donors (Lipinski definition) is 1. The molecule has 1 aromatic heterocycles. The van der Waals surface area contributed by atoms with Gasteiger partial charge < -0.3 is 4.74 Å². The molecule has 2 aliphatic rings. The van der Waals surface area contributed by atoms with E-state index >= 15 is 0 Å². The number of H-pyrrole nitrogens is 1. The minimum atomic E-state index is -3.43. The zero-order chi connectivity index (χ0) is 15.0. The van der Waals surface area contributed by atoms with Gasteiger partial charge in [0.25, 0.3) is 10.2 Å². The molecule has 0 amide bonds. The first kappa shape index (κ1) is 15.0. The van der Waals surface area contributed by atoms with E-state index in [1.54, 1.807) is 18.4 Å². The molecule has 0 bridgehead atoms. The van der Waals surface area contributed by atoms with Crippen LogP contribution in [0, 0.1) is 0 Å². The van der Waals surface area contributed by atoms with Crippen LogP contribution < -0.4 is 0 Å². The Balaban J connectivity index is 1.97. The SMILES string of the molecule is CN(C)S(=O)(=O)N1CCCCC1c1n[nH]c2c1COCC2. The number of ether oxygens (including phenoxy) is 1. The Morgan fingerprint density at radius 3 is 2.95 bits per heavy atom. The molecular formula is C13H22N4O3S. The van der Waals surface area contributed by atoms with E-state index in [0.29, 0.717) is 19.8 Å². The van der Waals surface area contributed by atoms with Gasteiger partial charge in [-0.2, -0.15) is 22.1 Å². The fourth-order valence-corrected chi connectivity index (χ4v) is 4.38. The molecule has 0 spiro atoms. The fourth-order valence-electron chi connectivity index (χ4n) is 3.07. The average Bonchev–Trinajstić information content (AvgIpc) is 2.91. The van der Waals surface area contributed by atoms with Crippen molar-refractivity contribution in [2.45, 2.75) is 38.3 Å². The van der Waals surface area contributed by atoms with Crippen LogP contribution in [0.4, 0.5) is 0 Å². The summed E-state index contributed by atoms with van der Waals surface area (Å²) in [7, 11) is -0.283. The highest BCUT2D eigenvalue weighted by molar-refractivity contribution is 7.86. The summed E-state index contributed by atoms with van der Waals surface area (Å²) >= 11 is 0. The number of nitrogens with one attached hydrogen (secondary N) is 1. The molecule has 3 rings (SSSR count). The Bertz CT molecular complexity index is 611. The van der Waals surface area contributed by atoms with Crippen molar-refractivity contribution < 1.29 is 13.2 Å². The molecule has 118 valence electrons. The molecule has 1 N–H and O–H groups in total. The van der Waals surface area contributed by atoms with Crippen molar-refractivity contribution >= 4 is 10.2 Å². The minimum Gasteiger partial charge on any atom is -0.376 e. The van der Waals surface area contributed by atoms with Crippen molar-refractivity contribution in [3.05, 3.63) is 17.0 Å². The van der Waals surface area contributed by atoms with E-state index in [9.17, 15) is 8.42 Å². The van der Waals surface area contributed by atoms with Crippen LogP contribution in [0.2, 0.25) is 0 Å². The van der Waals surface area contributed by atoms with Crippen LogP contribution in [-0.2, 0) is 28.0 Å². The second kappa shape index (κ2) is 5.68. The Hall–Kier alpha value is -0.960. The maximum atomic E-state index is 12.5. The number of rotatable bonds is 3. The van der Waals surface area contributed by atoms with E-state index in [0.717, 1.165) is 42.6 Å². The molecule has 0 aromatic carbocycles. The first-order valence-corrected chi connectivity index (χ1v) is 8.74. The van der Waals surface area contributed by atoms with Gasteiger partial charge in [0, 0.05) is 38.3 Å². The van der Waals surface area contributed by atoms with Gasteiger partial charge in [-0.05, 0) is 12.8 Å². The standard InChI is InChI=1S/C13H22N4O3S/c1-16(2)21(18,19)17-7-4-3-5-12(17)13-10-9-20-8-6-11(10)14-15-13/h12H,3-9H2,1-2H3,(H,14,15). The van der Waals surface area contributed by atoms with Crippen molar-refractivity contribution in [1.82, 2.24) is 18.8 Å². The third-order valence-electron chi connectivity index (χ3n) is 4.25. The number of hydrogen-bond acceptors (Lipinski definition) is 4. The van der Waals surface area contributed by atoms with Gasteiger partial charge in [0.15, 0.2) is 0 Å². The van der Waals surface area contributed by atoms with Crippen LogP contribution in [0.1, 0.15) is 42.3 Å². The van der Waals surface area contributed by atoms with E-state index in [4.69, 9.17) is 4.74 Å². The predicted molar refractivity (Wildman–Crippen MR) is 77.9 cm³/mol. The molecular weight excluding hydrogens is 292 g/mol. The lowest BCUT2D eigenvalue weighted by molar-refractivity contribution is 0.108. The summed E-state index contributed by atoms with van der Waals surface area (Å²) in [6.45, 7) is 1.76. The van der Waals surface area contributed by atoms with Crippen molar-refractivity contribution in [1.29, 1.82) is 0 Å². The van der Waals surface area contributed by atoms with Gasteiger partial charge >= 0.3 is 0 Å². The van der Waals surface area contributed by atoms with Gasteiger partial charge in [-0.25, -0.2) is 0 Å². The van der Waals surface area contributed by atoms with E-state index < -0.39 is 10.2 Å². The normalized spacial score (nSPS) is 24.2. The van der Waals surface area contributed by atoms with Gasteiger partial charge in [0.05, 0.1) is 24.9 Å². The molecule has 1 saturated heterocycles. The summed E-state index contributed by atoms with van der Waals surface area (Å²) in [5, 5.41) is 7.47. The lowest BCUT2D eigenvalue weighted by Gasteiger charge is -2.35. The molecule has 1 atom stereocenters. The van der Waals surface area contributed by atoms with Crippen LogP contribution >= 0.6 is 0 Å². The van der Waals surface area contributed by atoms with Gasteiger partial charge in [0.2, 0.25) is 0 Å². The lowest BCUT2D eigenvalue weighted by Crippen LogP contribution is -2.45. The first-order chi connectivity index (χ1) is 10.0. The van der Waals surface area contributed by atoms with E-state index in [2.05, 4.69) is 10.2 Å². The van der Waals surface area contributed by atoms with E-state index in [1.165, 1.54) is 4.31 Å². The summed E-state index contributed by atoms with van der Waals surface area (Å²) in [6, 6.07) is -0.187. The fraction of sp³-hybridized carbons (Fsp3) is 0.769. The highest BCUT2D eigenvalue weighted by Gasteiger charge is 2.37. The second-order valence-corrected chi connectivity index (χ2v) is 7.88. The number of piperidine rings is 1. The largest absolute Gasteiger partial charge is 0.376 e. The third-order valence-corrected chi connectivity index (χ3v) is 6.21. The molecule has 7 nitrogen and oxygen atoms in total. The Morgan fingerprint density at radius 1 is 1.38 bits per heavy atom. The monoisotopic (exact) mass is 314 g/mol. The van der Waals surface area contributed by atoms with Gasteiger partial charge in [0.1, 0.15) is 0 Å². The zero-order valence-corrected chi connectivity index (χ0v) is 13.3. The smallest absolute Gasteiger partial charge is 0.282 e. The van der Waals surface area contributed by atoms with Gasteiger partial charge in [-0.1, -0.05) is 6.42 Å². The predicted octanol–water partition coefficient (Wildman–Crippen LogP) is 0.816. The Labute approximate surface area is 125 Å². The quantitative estimate of drug-likeness (QED) is 0.896. The molecule has 21 heavy (non-hydrogen) atoms. The Morgan fingerprint density at radius 2 is 2.19 bits per heavy atom. The topological polar surface area (TPSA) is 78.5 Å². The number of fused-ring (bicyclic) bond motifs is 1. The van der Waals surface area contributed by atoms with Crippen LogP contribution in [0.15, 0.2) is 0 Å². The summed E-state index contributed by atoms with van der Waals surface area (Å²) in [5.74, 6) is 0. The molecule has 0 saturated carbocycles. The zero-order valence-electron chi connectivity index (χ0n) is 12.5. The number of aromatic nitrogens is 2. The summed E-state index contributed by atoms with van der Waals surface area (Å²) in [4.78, 5) is 0. The highest BCUT2D eigenvalue weighted by Crippen LogP contribution is 2.36. The molecule has 8 heteroatoms. The summed E-state index contributed by atoms with van der Waals surface area (Å²) < 4.78 is 33.5. The van der Waals surface area contributed by atoms with Crippen molar-refractivity contribution in [2.75, 3.05) is 27.2 Å². The average molecular weight is 314 g/mol. The van der Waals surface area contributed by atoms with Crippen LogP contribution in [0.3, 0.4) is 0 Å². The molecule has 1 aromatic rings. The second-order valence-electron chi connectivity index (χ2n) is 5.78. The Kier molecular flexibility index (Phi) is 4.04. The summed E-state index contributed by atoms with van der Waals surface area (Å²) in [5.41, 5.74) is 2.98. The lowest BCUT2D eigenvalue weighted by atomic mass is 9.97. The number of nitrogens with zero attached hydrogens (tertiary/aromatic N) is 3. The van der Waals surface area contributed by atoms with Crippen molar-refractivity contribution in [3.8, 4) is 0 Å². The van der Waals surface area contributed by atoms with Crippen LogP contribution in [0.25, 0.3) is 0 Å². The van der Waals surface area contributed by atoms with Crippen molar-refractivity contribution in [2.24, 2.45) is 0 Å². The van der Waals surface area contributed by atoms with Gasteiger partial charge in [-0.3, -0.25) is 5.10 Å². The minimum absolute atomic E-state index is 0.187. The molecule has 0 aliphatic carbocycles. The highest BCUT2D eigenvalue weighted by atomic mass is 32.2. The van der Waals surface area contributed by atoms with Gasteiger partial charge in [-0.15, -0.1) is 0 Å². The maximum Gasteiger partial charge on any atom is 0.282 e. The van der Waals surface area contributed by atoms with Crippen molar-refractivity contribution in [3.63, 3.8) is 0 Å². The molecule has 2 aliphatic heterocycles. The summed E-state index contributed by atoms with van der Waals surface area (Å²) in [6.07, 6.45) is 3.54.